The molecular formula is C17H17N5S. The predicted molar refractivity (Wildman–Crippen MR) is 94.4 cm³/mol. The summed E-state index contributed by atoms with van der Waals surface area (Å²) in [5, 5.41) is 0.774. The first-order chi connectivity index (χ1) is 11.2. The lowest BCUT2D eigenvalue weighted by atomic mass is 10.0. The molecule has 116 valence electrons. The maximum Gasteiger partial charge on any atom is 0.171 e. The van der Waals surface area contributed by atoms with Crippen LogP contribution in [0.5, 0.6) is 0 Å². The molecule has 0 unspecified atom stereocenters. The van der Waals surface area contributed by atoms with Crippen LogP contribution in [-0.2, 0) is 12.8 Å². The van der Waals surface area contributed by atoms with E-state index in [4.69, 9.17) is 11.5 Å². The maximum atomic E-state index is 6.25. The molecule has 3 aromatic rings. The highest BCUT2D eigenvalue weighted by Gasteiger charge is 2.13. The summed E-state index contributed by atoms with van der Waals surface area (Å²) in [4.78, 5) is 12.9. The molecule has 5 nitrogen and oxygen atoms in total. The summed E-state index contributed by atoms with van der Waals surface area (Å²) in [6, 6.07) is 6.15. The van der Waals surface area contributed by atoms with Crippen LogP contribution < -0.4 is 11.5 Å². The van der Waals surface area contributed by atoms with Crippen LogP contribution in [0.1, 0.15) is 17.5 Å². The van der Waals surface area contributed by atoms with E-state index in [9.17, 15) is 0 Å². The van der Waals surface area contributed by atoms with E-state index >= 15 is 0 Å². The maximum absolute atomic E-state index is 6.25. The third kappa shape index (κ3) is 2.66. The summed E-state index contributed by atoms with van der Waals surface area (Å²) in [6.45, 7) is 0. The van der Waals surface area contributed by atoms with Gasteiger partial charge in [0.25, 0.3) is 0 Å². The number of rotatable bonds is 2. The number of hydrogen-bond donors (Lipinski definition) is 3. The Balaban J connectivity index is 1.71. The second-order valence-electron chi connectivity index (χ2n) is 5.61. The second kappa shape index (κ2) is 5.62. The number of nitrogens with one attached hydrogen (secondary N) is 1. The lowest BCUT2D eigenvalue weighted by molar-refractivity contribution is 0.996. The van der Waals surface area contributed by atoms with E-state index in [0.29, 0.717) is 11.3 Å². The third-order valence-corrected chi connectivity index (χ3v) is 4.99. The largest absolute Gasteiger partial charge is 0.398 e. The molecule has 0 fully saturated rings. The molecule has 0 saturated heterocycles. The minimum Gasteiger partial charge on any atom is -0.398 e. The molecule has 1 aliphatic carbocycles. The van der Waals surface area contributed by atoms with Crippen molar-refractivity contribution in [1.29, 1.82) is 0 Å². The van der Waals surface area contributed by atoms with Crippen molar-refractivity contribution in [2.75, 3.05) is 11.5 Å². The Bertz CT molecular complexity index is 913. The van der Waals surface area contributed by atoms with Gasteiger partial charge in [0.05, 0.1) is 5.52 Å². The van der Waals surface area contributed by atoms with E-state index in [1.54, 1.807) is 6.20 Å². The Morgan fingerprint density at radius 2 is 2.04 bits per heavy atom. The van der Waals surface area contributed by atoms with Crippen molar-refractivity contribution >= 4 is 34.3 Å². The quantitative estimate of drug-likeness (QED) is 0.497. The van der Waals surface area contributed by atoms with Crippen LogP contribution >= 0.6 is 11.8 Å². The number of imidazole rings is 1. The van der Waals surface area contributed by atoms with Gasteiger partial charge in [-0.05, 0) is 60.4 Å². The zero-order chi connectivity index (χ0) is 15.8. The van der Waals surface area contributed by atoms with Crippen LogP contribution in [0.4, 0.5) is 11.5 Å². The van der Waals surface area contributed by atoms with Crippen LogP contribution in [0.3, 0.4) is 0 Å². The molecule has 2 heterocycles. The number of nitrogen functional groups attached to an aromatic ring is 2. The van der Waals surface area contributed by atoms with Crippen molar-refractivity contribution < 1.29 is 0 Å². The molecule has 6 heteroatoms. The number of fused-ring (bicyclic) bond motifs is 2. The lowest BCUT2D eigenvalue weighted by Gasteiger charge is -2.11. The fourth-order valence-electron chi connectivity index (χ4n) is 2.85. The highest BCUT2D eigenvalue weighted by atomic mass is 32.2. The fraction of sp³-hybridized carbons (Fsp3) is 0.176. The fourth-order valence-corrected chi connectivity index (χ4v) is 3.73. The molecule has 5 N–H and O–H groups in total. The van der Waals surface area contributed by atoms with Gasteiger partial charge in [0.15, 0.2) is 11.0 Å². The topological polar surface area (TPSA) is 93.6 Å². The Morgan fingerprint density at radius 1 is 1.13 bits per heavy atom. The van der Waals surface area contributed by atoms with Gasteiger partial charge < -0.3 is 16.5 Å². The van der Waals surface area contributed by atoms with Crippen molar-refractivity contribution in [2.24, 2.45) is 0 Å². The van der Waals surface area contributed by atoms with E-state index in [1.165, 1.54) is 22.9 Å². The van der Waals surface area contributed by atoms with E-state index in [0.717, 1.165) is 40.5 Å². The van der Waals surface area contributed by atoms with Crippen LogP contribution in [0, 0.1) is 0 Å². The summed E-state index contributed by atoms with van der Waals surface area (Å²) in [5.41, 5.74) is 17.2. The second-order valence-corrected chi connectivity index (χ2v) is 6.64. The van der Waals surface area contributed by atoms with E-state index in [-0.39, 0.29) is 0 Å². The number of allylic oxidation sites excluding steroid dienone is 2. The van der Waals surface area contributed by atoms with Gasteiger partial charge in [0, 0.05) is 16.8 Å². The average Bonchev–Trinajstić information content (AvgIpc) is 2.81. The number of aromatic nitrogens is 3. The summed E-state index contributed by atoms with van der Waals surface area (Å²) < 4.78 is 0. The smallest absolute Gasteiger partial charge is 0.171 e. The Hall–Kier alpha value is -2.47. The molecule has 1 aliphatic rings. The first-order valence-electron chi connectivity index (χ1n) is 7.55. The summed E-state index contributed by atoms with van der Waals surface area (Å²) in [7, 11) is 0. The molecule has 2 aromatic heterocycles. The van der Waals surface area contributed by atoms with E-state index in [1.807, 2.05) is 6.07 Å². The van der Waals surface area contributed by atoms with Crippen molar-refractivity contribution in [1.82, 2.24) is 15.0 Å². The predicted octanol–water partition coefficient (Wildman–Crippen LogP) is 3.32. The molecule has 23 heavy (non-hydrogen) atoms. The van der Waals surface area contributed by atoms with Gasteiger partial charge in [-0.1, -0.05) is 12.2 Å². The van der Waals surface area contributed by atoms with Crippen molar-refractivity contribution in [3.8, 4) is 0 Å². The van der Waals surface area contributed by atoms with E-state index < -0.39 is 0 Å². The number of H-pyrrole nitrogens is 1. The van der Waals surface area contributed by atoms with Gasteiger partial charge in [-0.15, -0.1) is 0 Å². The SMILES string of the molecule is Nc1cc2c(cc1Sc1nc3c(N)nccc3[nH]1)CC=CCC2. The molecule has 0 amide bonds. The average molecular weight is 323 g/mol. The first-order valence-corrected chi connectivity index (χ1v) is 8.36. The summed E-state index contributed by atoms with van der Waals surface area (Å²) >= 11 is 1.53. The number of aryl methyl sites for hydroxylation is 1. The molecule has 4 rings (SSSR count). The highest BCUT2D eigenvalue weighted by Crippen LogP contribution is 2.35. The zero-order valence-corrected chi connectivity index (χ0v) is 13.4. The monoisotopic (exact) mass is 323 g/mol. The molecule has 0 aliphatic heterocycles. The highest BCUT2D eigenvalue weighted by molar-refractivity contribution is 7.99. The molecule has 0 atom stereocenters. The normalized spacial score (nSPS) is 13.9. The van der Waals surface area contributed by atoms with Crippen LogP contribution in [0.25, 0.3) is 11.0 Å². The van der Waals surface area contributed by atoms with Crippen LogP contribution in [0.2, 0.25) is 0 Å². The zero-order valence-electron chi connectivity index (χ0n) is 12.5. The van der Waals surface area contributed by atoms with Gasteiger partial charge in [-0.25, -0.2) is 9.97 Å². The molecule has 0 bridgehead atoms. The minimum absolute atomic E-state index is 0.436. The molecule has 0 saturated carbocycles. The number of anilines is 2. The van der Waals surface area contributed by atoms with Gasteiger partial charge in [0.2, 0.25) is 0 Å². The number of aromatic amines is 1. The first kappa shape index (κ1) is 14.1. The van der Waals surface area contributed by atoms with Gasteiger partial charge >= 0.3 is 0 Å². The standard InChI is InChI=1S/C17H17N5S/c18-12-8-10-4-2-1-3-5-11(10)9-14(12)23-17-21-13-6-7-20-16(19)15(13)22-17/h1,3,6-9H,2,4-5,18H2,(H2,19,20)(H,21,22). The third-order valence-electron chi connectivity index (χ3n) is 4.03. The number of pyridine rings is 1. The Morgan fingerprint density at radius 3 is 2.91 bits per heavy atom. The van der Waals surface area contributed by atoms with Gasteiger partial charge in [0.1, 0.15) is 5.52 Å². The molecule has 1 aromatic carbocycles. The number of nitrogens with two attached hydrogens (primary N) is 2. The number of hydrogen-bond acceptors (Lipinski definition) is 5. The van der Waals surface area contributed by atoms with E-state index in [2.05, 4.69) is 39.2 Å². The summed E-state index contributed by atoms with van der Waals surface area (Å²) in [6.07, 6.45) is 9.22. The molecule has 0 radical (unpaired) electrons. The number of benzene rings is 1. The summed E-state index contributed by atoms with van der Waals surface area (Å²) in [5.74, 6) is 0.436. The van der Waals surface area contributed by atoms with Crippen LogP contribution in [-0.4, -0.2) is 15.0 Å². The Labute approximate surface area is 138 Å². The van der Waals surface area contributed by atoms with Gasteiger partial charge in [-0.2, -0.15) is 0 Å². The van der Waals surface area contributed by atoms with Crippen molar-refractivity contribution in [3.05, 3.63) is 47.7 Å². The van der Waals surface area contributed by atoms with Crippen molar-refractivity contribution in [3.63, 3.8) is 0 Å². The van der Waals surface area contributed by atoms with Crippen LogP contribution in [0.15, 0.2) is 46.6 Å². The van der Waals surface area contributed by atoms with Crippen molar-refractivity contribution in [2.45, 2.75) is 29.3 Å². The lowest BCUT2D eigenvalue weighted by Crippen LogP contribution is -1.97. The molecule has 0 spiro atoms. The molecular weight excluding hydrogens is 306 g/mol. The minimum atomic E-state index is 0.436. The van der Waals surface area contributed by atoms with Gasteiger partial charge in [-0.3, -0.25) is 0 Å². The number of nitrogens with zero attached hydrogens (tertiary/aromatic N) is 2. The Kier molecular flexibility index (Phi) is 3.46.